The number of nitrogens with zero attached hydrogens (tertiary/aromatic N) is 2. The number of aromatic nitrogens is 2. The average Bonchev–Trinajstić information content (AvgIpc) is 3.31. The van der Waals surface area contributed by atoms with Crippen molar-refractivity contribution in [2.45, 2.75) is 20.5 Å². The second-order valence-electron chi connectivity index (χ2n) is 7.51. The van der Waals surface area contributed by atoms with E-state index in [-0.39, 0.29) is 5.91 Å². The van der Waals surface area contributed by atoms with E-state index >= 15 is 0 Å². The van der Waals surface area contributed by atoms with Gasteiger partial charge in [-0.15, -0.1) is 0 Å². The van der Waals surface area contributed by atoms with Gasteiger partial charge in [-0.3, -0.25) is 9.89 Å². The number of nitrogens with one attached hydrogen (secondary N) is 2. The minimum Gasteiger partial charge on any atom is -0.489 e. The number of carbonyl (C=O) groups is 1. The van der Waals surface area contributed by atoms with Gasteiger partial charge in [0.15, 0.2) is 0 Å². The Labute approximate surface area is 187 Å². The number of hydrogen-bond donors (Lipinski definition) is 2. The quantitative estimate of drug-likeness (QED) is 0.322. The Morgan fingerprint density at radius 2 is 1.84 bits per heavy atom. The fourth-order valence-electron chi connectivity index (χ4n) is 3.14. The first-order chi connectivity index (χ1) is 15.6. The summed E-state index contributed by atoms with van der Waals surface area (Å²) in [5.74, 6) is 0.371. The van der Waals surface area contributed by atoms with Gasteiger partial charge in [-0.05, 0) is 60.4 Å². The number of carbonyl (C=O) groups excluding carboxylic acids is 1. The summed E-state index contributed by atoms with van der Waals surface area (Å²) >= 11 is 0. The molecular formula is C26H24N4O2. The minimum atomic E-state index is -0.361. The van der Waals surface area contributed by atoms with Crippen LogP contribution < -0.4 is 10.2 Å². The highest BCUT2D eigenvalue weighted by molar-refractivity contribution is 5.94. The van der Waals surface area contributed by atoms with Crippen LogP contribution in [0.25, 0.3) is 11.3 Å². The lowest BCUT2D eigenvalue weighted by molar-refractivity contribution is 0.0950. The normalized spacial score (nSPS) is 10.9. The van der Waals surface area contributed by atoms with Crippen molar-refractivity contribution in [3.8, 4) is 17.0 Å². The van der Waals surface area contributed by atoms with E-state index in [4.69, 9.17) is 4.74 Å². The zero-order valence-electron chi connectivity index (χ0n) is 18.0. The molecule has 3 aromatic carbocycles. The number of amides is 1. The molecule has 0 fully saturated rings. The summed E-state index contributed by atoms with van der Waals surface area (Å²) in [5, 5.41) is 11.1. The molecule has 6 nitrogen and oxygen atoms in total. The SMILES string of the molecule is Cc1ccc(-c2cc(C(=O)N/N=C/c3cccc(OCc4ccccc4)c3)[nH]n2)cc1C. The highest BCUT2D eigenvalue weighted by atomic mass is 16.5. The van der Waals surface area contributed by atoms with Crippen LogP contribution in [-0.4, -0.2) is 22.3 Å². The van der Waals surface area contributed by atoms with Crippen molar-refractivity contribution in [3.63, 3.8) is 0 Å². The molecule has 0 aliphatic rings. The van der Waals surface area contributed by atoms with Crippen LogP contribution in [0.3, 0.4) is 0 Å². The van der Waals surface area contributed by atoms with Crippen LogP contribution in [0.4, 0.5) is 0 Å². The highest BCUT2D eigenvalue weighted by Gasteiger charge is 2.11. The monoisotopic (exact) mass is 424 g/mol. The first-order valence-corrected chi connectivity index (χ1v) is 10.3. The van der Waals surface area contributed by atoms with E-state index in [1.54, 1.807) is 12.3 Å². The lowest BCUT2D eigenvalue weighted by Crippen LogP contribution is -2.18. The molecular weight excluding hydrogens is 400 g/mol. The summed E-state index contributed by atoms with van der Waals surface area (Å²) in [4.78, 5) is 12.4. The summed E-state index contributed by atoms with van der Waals surface area (Å²) in [6, 6.07) is 25.3. The molecule has 2 N–H and O–H groups in total. The molecule has 0 unspecified atom stereocenters. The number of ether oxygens (including phenoxy) is 1. The van der Waals surface area contributed by atoms with Gasteiger partial charge in [0, 0.05) is 5.56 Å². The van der Waals surface area contributed by atoms with Crippen molar-refractivity contribution in [1.29, 1.82) is 0 Å². The van der Waals surface area contributed by atoms with Crippen LogP contribution in [0.2, 0.25) is 0 Å². The maximum atomic E-state index is 12.4. The number of benzene rings is 3. The number of aromatic amines is 1. The second kappa shape index (κ2) is 9.75. The van der Waals surface area contributed by atoms with E-state index in [0.29, 0.717) is 18.0 Å². The van der Waals surface area contributed by atoms with Crippen LogP contribution in [0, 0.1) is 13.8 Å². The molecule has 4 aromatic rings. The fraction of sp³-hybridized carbons (Fsp3) is 0.115. The molecule has 0 spiro atoms. The van der Waals surface area contributed by atoms with Crippen molar-refractivity contribution in [2.75, 3.05) is 0 Å². The number of aryl methyl sites for hydroxylation is 2. The molecule has 0 aliphatic heterocycles. The smallest absolute Gasteiger partial charge is 0.289 e. The molecule has 32 heavy (non-hydrogen) atoms. The molecule has 0 atom stereocenters. The molecule has 0 radical (unpaired) electrons. The van der Waals surface area contributed by atoms with Crippen LogP contribution in [0.15, 0.2) is 84.0 Å². The lowest BCUT2D eigenvalue weighted by Gasteiger charge is -2.06. The predicted molar refractivity (Wildman–Crippen MR) is 126 cm³/mol. The van der Waals surface area contributed by atoms with Gasteiger partial charge in [-0.1, -0.05) is 54.6 Å². The van der Waals surface area contributed by atoms with Gasteiger partial charge < -0.3 is 4.74 Å². The van der Waals surface area contributed by atoms with E-state index in [1.165, 1.54) is 11.1 Å². The molecule has 4 rings (SSSR count). The fourth-order valence-corrected chi connectivity index (χ4v) is 3.14. The molecule has 0 saturated carbocycles. The molecule has 1 aromatic heterocycles. The van der Waals surface area contributed by atoms with Gasteiger partial charge in [0.2, 0.25) is 0 Å². The summed E-state index contributed by atoms with van der Waals surface area (Å²) in [6.07, 6.45) is 1.58. The Kier molecular flexibility index (Phi) is 6.41. The summed E-state index contributed by atoms with van der Waals surface area (Å²) in [7, 11) is 0. The third-order valence-corrected chi connectivity index (χ3v) is 5.11. The predicted octanol–water partition coefficient (Wildman–Crippen LogP) is 5.04. The highest BCUT2D eigenvalue weighted by Crippen LogP contribution is 2.21. The van der Waals surface area contributed by atoms with Gasteiger partial charge >= 0.3 is 0 Å². The Morgan fingerprint density at radius 1 is 1.00 bits per heavy atom. The van der Waals surface area contributed by atoms with Crippen molar-refractivity contribution < 1.29 is 9.53 Å². The molecule has 0 aliphatic carbocycles. The van der Waals surface area contributed by atoms with Crippen molar-refractivity contribution in [2.24, 2.45) is 5.10 Å². The maximum Gasteiger partial charge on any atom is 0.289 e. The van der Waals surface area contributed by atoms with Gasteiger partial charge in [0.1, 0.15) is 18.1 Å². The molecule has 1 heterocycles. The Balaban J connectivity index is 1.35. The Morgan fingerprint density at radius 3 is 2.66 bits per heavy atom. The molecule has 160 valence electrons. The Bertz CT molecular complexity index is 1250. The summed E-state index contributed by atoms with van der Waals surface area (Å²) in [6.45, 7) is 4.60. The molecule has 6 heteroatoms. The third-order valence-electron chi connectivity index (χ3n) is 5.11. The van der Waals surface area contributed by atoms with Gasteiger partial charge in [0.25, 0.3) is 5.91 Å². The van der Waals surface area contributed by atoms with Crippen LogP contribution >= 0.6 is 0 Å². The van der Waals surface area contributed by atoms with E-state index in [9.17, 15) is 4.79 Å². The van der Waals surface area contributed by atoms with Gasteiger partial charge in [0.05, 0.1) is 11.9 Å². The number of H-pyrrole nitrogens is 1. The topological polar surface area (TPSA) is 79.4 Å². The zero-order valence-corrected chi connectivity index (χ0v) is 18.0. The largest absolute Gasteiger partial charge is 0.489 e. The van der Waals surface area contributed by atoms with E-state index in [2.05, 4.69) is 40.6 Å². The molecule has 0 bridgehead atoms. The van der Waals surface area contributed by atoms with Crippen molar-refractivity contribution in [3.05, 3.63) is 107 Å². The van der Waals surface area contributed by atoms with Crippen LogP contribution in [0.1, 0.15) is 32.7 Å². The third kappa shape index (κ3) is 5.29. The average molecular weight is 425 g/mol. The zero-order chi connectivity index (χ0) is 22.3. The first kappa shape index (κ1) is 21.1. The number of hydrazone groups is 1. The van der Waals surface area contributed by atoms with Gasteiger partial charge in [-0.25, -0.2) is 5.43 Å². The van der Waals surface area contributed by atoms with E-state index < -0.39 is 0 Å². The van der Waals surface area contributed by atoms with E-state index in [1.807, 2.05) is 66.7 Å². The Hall–Kier alpha value is -4.19. The van der Waals surface area contributed by atoms with Crippen LogP contribution in [-0.2, 0) is 6.61 Å². The molecule has 1 amide bonds. The summed E-state index contributed by atoms with van der Waals surface area (Å²) < 4.78 is 5.83. The number of rotatable bonds is 7. The lowest BCUT2D eigenvalue weighted by atomic mass is 10.0. The molecule has 0 saturated heterocycles. The van der Waals surface area contributed by atoms with Crippen molar-refractivity contribution in [1.82, 2.24) is 15.6 Å². The second-order valence-corrected chi connectivity index (χ2v) is 7.51. The van der Waals surface area contributed by atoms with Gasteiger partial charge in [-0.2, -0.15) is 10.2 Å². The maximum absolute atomic E-state index is 12.4. The number of hydrogen-bond acceptors (Lipinski definition) is 4. The van der Waals surface area contributed by atoms with E-state index in [0.717, 1.165) is 22.4 Å². The first-order valence-electron chi connectivity index (χ1n) is 10.3. The van der Waals surface area contributed by atoms with Crippen LogP contribution in [0.5, 0.6) is 5.75 Å². The standard InChI is InChI=1S/C26H24N4O2/c1-18-11-12-22(13-19(18)2)24-15-25(29-28-24)26(31)30-27-16-21-9-6-10-23(14-21)32-17-20-7-4-3-5-8-20/h3-16H,17H2,1-2H3,(H,28,29)(H,30,31)/b27-16+. The minimum absolute atomic E-state index is 0.343. The van der Waals surface area contributed by atoms with Crippen molar-refractivity contribution >= 4 is 12.1 Å². The summed E-state index contributed by atoms with van der Waals surface area (Å²) in [5.41, 5.74) is 8.85.